The second-order valence-electron chi connectivity index (χ2n) is 5.74. The van der Waals surface area contributed by atoms with Crippen molar-refractivity contribution in [3.05, 3.63) is 47.5 Å². The van der Waals surface area contributed by atoms with Crippen molar-refractivity contribution in [1.29, 1.82) is 0 Å². The Hall–Kier alpha value is -3.20. The molecule has 2 aromatic carbocycles. The summed E-state index contributed by atoms with van der Waals surface area (Å²) in [6, 6.07) is 10.3. The van der Waals surface area contributed by atoms with Crippen LogP contribution in [0, 0.1) is 0 Å². The van der Waals surface area contributed by atoms with Crippen molar-refractivity contribution in [2.24, 2.45) is 5.73 Å². The molecule has 0 fully saturated rings. The van der Waals surface area contributed by atoms with E-state index in [1.807, 2.05) is 0 Å². The Morgan fingerprint density at radius 2 is 1.86 bits per heavy atom. The largest absolute Gasteiger partial charge is 0.493 e. The van der Waals surface area contributed by atoms with Crippen molar-refractivity contribution >= 4 is 34.7 Å². The molecule has 1 atom stereocenters. The zero-order valence-corrected chi connectivity index (χ0v) is 16.3. The number of benzene rings is 2. The van der Waals surface area contributed by atoms with Crippen molar-refractivity contribution in [1.82, 2.24) is 9.97 Å². The van der Waals surface area contributed by atoms with E-state index in [0.717, 1.165) is 11.8 Å². The number of carbonyl (C=O) groups is 2. The van der Waals surface area contributed by atoms with Gasteiger partial charge in [0.25, 0.3) is 5.91 Å². The van der Waals surface area contributed by atoms with Crippen LogP contribution in [0.25, 0.3) is 11.0 Å². The maximum Gasteiger partial charge on any atom is 0.323 e. The molecule has 28 heavy (non-hydrogen) atoms. The Bertz CT molecular complexity index is 1030. The third-order valence-electron chi connectivity index (χ3n) is 4.11. The summed E-state index contributed by atoms with van der Waals surface area (Å²) in [4.78, 5) is 31.6. The van der Waals surface area contributed by atoms with E-state index in [4.69, 9.17) is 19.9 Å². The van der Waals surface area contributed by atoms with Gasteiger partial charge in [0.15, 0.2) is 16.7 Å². The summed E-state index contributed by atoms with van der Waals surface area (Å²) in [6.45, 7) is 0. The quantitative estimate of drug-likeness (QED) is 0.462. The maximum absolute atomic E-state index is 12.4. The lowest BCUT2D eigenvalue weighted by atomic mass is 10.1. The molecule has 0 aliphatic heterocycles. The molecule has 3 N–H and O–H groups in total. The number of ether oxygens (including phenoxy) is 3. The number of nitrogens with one attached hydrogen (secondary N) is 1. The van der Waals surface area contributed by atoms with Gasteiger partial charge in [0.05, 0.1) is 32.4 Å². The van der Waals surface area contributed by atoms with Crippen LogP contribution in [-0.2, 0) is 9.53 Å². The highest BCUT2D eigenvalue weighted by Gasteiger charge is 2.26. The molecule has 8 nitrogen and oxygen atoms in total. The Morgan fingerprint density at radius 1 is 1.11 bits per heavy atom. The summed E-state index contributed by atoms with van der Waals surface area (Å²) in [7, 11) is 4.38. The van der Waals surface area contributed by atoms with Crippen molar-refractivity contribution in [3.8, 4) is 11.5 Å². The molecule has 3 rings (SSSR count). The molecule has 0 bridgehead atoms. The van der Waals surface area contributed by atoms with Crippen molar-refractivity contribution in [2.45, 2.75) is 10.4 Å². The number of fused-ring (bicyclic) bond motifs is 1. The van der Waals surface area contributed by atoms with Gasteiger partial charge in [-0.2, -0.15) is 0 Å². The van der Waals surface area contributed by atoms with E-state index in [-0.39, 0.29) is 0 Å². The number of amides is 1. The lowest BCUT2D eigenvalue weighted by molar-refractivity contribution is -0.140. The van der Waals surface area contributed by atoms with Gasteiger partial charge in [-0.25, -0.2) is 4.98 Å². The lowest BCUT2D eigenvalue weighted by Gasteiger charge is -2.15. The number of para-hydroxylation sites is 1. The van der Waals surface area contributed by atoms with Gasteiger partial charge >= 0.3 is 5.97 Å². The minimum atomic E-state index is -0.706. The molecule has 1 amide bonds. The lowest BCUT2D eigenvalue weighted by Crippen LogP contribution is -2.12. The van der Waals surface area contributed by atoms with E-state index < -0.39 is 17.1 Å². The molecule has 0 aliphatic rings. The minimum absolute atomic E-state index is 0.307. The first kappa shape index (κ1) is 19.6. The number of nitrogens with zero attached hydrogens (tertiary/aromatic N) is 1. The Morgan fingerprint density at radius 3 is 2.50 bits per heavy atom. The number of imidazole rings is 1. The summed E-state index contributed by atoms with van der Waals surface area (Å²) < 4.78 is 15.5. The molecule has 1 unspecified atom stereocenters. The number of carbonyl (C=O) groups excluding carboxylic acids is 2. The molecule has 0 radical (unpaired) electrons. The van der Waals surface area contributed by atoms with E-state index in [9.17, 15) is 9.59 Å². The zero-order valence-electron chi connectivity index (χ0n) is 15.5. The second-order valence-corrected chi connectivity index (χ2v) is 6.84. The zero-order chi connectivity index (χ0) is 20.3. The molecule has 146 valence electrons. The highest BCUT2D eigenvalue weighted by atomic mass is 32.2. The fraction of sp³-hybridized carbons (Fsp3) is 0.211. The predicted molar refractivity (Wildman–Crippen MR) is 105 cm³/mol. The molecule has 0 aliphatic carbocycles. The van der Waals surface area contributed by atoms with Gasteiger partial charge < -0.3 is 24.9 Å². The Balaban J connectivity index is 2.00. The Labute approximate surface area is 165 Å². The minimum Gasteiger partial charge on any atom is -0.493 e. The summed E-state index contributed by atoms with van der Waals surface area (Å²) in [6.07, 6.45) is 0. The topological polar surface area (TPSA) is 117 Å². The van der Waals surface area contributed by atoms with E-state index >= 15 is 0 Å². The van der Waals surface area contributed by atoms with Gasteiger partial charge in [-0.15, -0.1) is 0 Å². The van der Waals surface area contributed by atoms with Crippen LogP contribution >= 0.6 is 11.8 Å². The molecule has 1 heterocycles. The van der Waals surface area contributed by atoms with E-state index in [1.165, 1.54) is 21.3 Å². The first-order valence-corrected chi connectivity index (χ1v) is 9.11. The van der Waals surface area contributed by atoms with Gasteiger partial charge in [-0.1, -0.05) is 23.9 Å². The predicted octanol–water partition coefficient (Wildman–Crippen LogP) is 2.69. The van der Waals surface area contributed by atoms with Crippen LogP contribution in [-0.4, -0.2) is 43.2 Å². The third-order valence-corrected chi connectivity index (χ3v) is 5.23. The highest BCUT2D eigenvalue weighted by molar-refractivity contribution is 8.00. The first-order valence-electron chi connectivity index (χ1n) is 8.23. The molecule has 0 saturated heterocycles. The normalized spacial score (nSPS) is 11.8. The Kier molecular flexibility index (Phi) is 5.74. The molecule has 3 aromatic rings. The fourth-order valence-corrected chi connectivity index (χ4v) is 3.76. The number of aromatic amines is 1. The van der Waals surface area contributed by atoms with Gasteiger partial charge in [-0.3, -0.25) is 9.59 Å². The van der Waals surface area contributed by atoms with E-state index in [0.29, 0.717) is 38.8 Å². The number of methoxy groups -OCH3 is 3. The van der Waals surface area contributed by atoms with Crippen LogP contribution in [0.5, 0.6) is 11.5 Å². The van der Waals surface area contributed by atoms with Gasteiger partial charge in [0.2, 0.25) is 0 Å². The van der Waals surface area contributed by atoms with Crippen molar-refractivity contribution < 1.29 is 23.8 Å². The number of primary amides is 1. The summed E-state index contributed by atoms with van der Waals surface area (Å²) in [5, 5.41) is -0.253. The molecular weight excluding hydrogens is 382 g/mol. The number of hydrogen-bond donors (Lipinski definition) is 2. The van der Waals surface area contributed by atoms with Crippen LogP contribution < -0.4 is 15.2 Å². The monoisotopic (exact) mass is 401 g/mol. The van der Waals surface area contributed by atoms with Gasteiger partial charge in [0, 0.05) is 0 Å². The second kappa shape index (κ2) is 8.22. The average molecular weight is 401 g/mol. The van der Waals surface area contributed by atoms with E-state index in [1.54, 1.807) is 36.4 Å². The molecule has 0 saturated carbocycles. The van der Waals surface area contributed by atoms with Crippen LogP contribution in [0.1, 0.15) is 21.2 Å². The SMILES string of the molecule is COC(=O)C(Sc1nc2c(C(N)=O)cccc2[nH]1)c1ccc(OC)c(OC)c1. The molecule has 1 aromatic heterocycles. The number of aromatic nitrogens is 2. The smallest absolute Gasteiger partial charge is 0.323 e. The third kappa shape index (κ3) is 3.74. The van der Waals surface area contributed by atoms with Crippen LogP contribution in [0.4, 0.5) is 0 Å². The molecular formula is C19H19N3O5S. The van der Waals surface area contributed by atoms with Crippen LogP contribution in [0.2, 0.25) is 0 Å². The standard InChI is InChI=1S/C19H19N3O5S/c1-25-13-8-7-10(9-14(13)26-2)16(18(24)27-3)28-19-21-12-6-4-5-11(17(20)23)15(12)22-19/h4-9,16H,1-3H3,(H2,20,23)(H,21,22). The summed E-state index contributed by atoms with van der Waals surface area (Å²) >= 11 is 1.16. The fourth-order valence-electron chi connectivity index (χ4n) is 2.75. The van der Waals surface area contributed by atoms with Crippen LogP contribution in [0.3, 0.4) is 0 Å². The maximum atomic E-state index is 12.4. The average Bonchev–Trinajstić information content (AvgIpc) is 3.13. The molecule has 9 heteroatoms. The number of nitrogens with two attached hydrogens (primary N) is 1. The van der Waals surface area contributed by atoms with Gasteiger partial charge in [-0.05, 0) is 29.8 Å². The van der Waals surface area contributed by atoms with Crippen LogP contribution in [0.15, 0.2) is 41.6 Å². The number of esters is 1. The first-order chi connectivity index (χ1) is 13.5. The van der Waals surface area contributed by atoms with Gasteiger partial charge in [0.1, 0.15) is 10.8 Å². The van der Waals surface area contributed by atoms with Crippen molar-refractivity contribution in [2.75, 3.05) is 21.3 Å². The summed E-state index contributed by atoms with van der Waals surface area (Å²) in [5.74, 6) is 0.0238. The number of hydrogen-bond acceptors (Lipinski definition) is 7. The number of thioether (sulfide) groups is 1. The van der Waals surface area contributed by atoms with Crippen molar-refractivity contribution in [3.63, 3.8) is 0 Å². The molecule has 0 spiro atoms. The highest BCUT2D eigenvalue weighted by Crippen LogP contribution is 2.39. The van der Waals surface area contributed by atoms with E-state index in [2.05, 4.69) is 9.97 Å². The summed E-state index contributed by atoms with van der Waals surface area (Å²) in [5.41, 5.74) is 7.48. The number of H-pyrrole nitrogens is 1. The number of rotatable bonds is 7.